The first kappa shape index (κ1) is 10.8. The van der Waals surface area contributed by atoms with Gasteiger partial charge in [0.05, 0.1) is 12.8 Å². The summed E-state index contributed by atoms with van der Waals surface area (Å²) in [5, 5.41) is 3.45. The van der Waals surface area contributed by atoms with E-state index in [1.807, 2.05) is 0 Å². The molecule has 0 spiro atoms. The van der Waals surface area contributed by atoms with Crippen LogP contribution in [0.15, 0.2) is 4.52 Å². The van der Waals surface area contributed by atoms with Crippen molar-refractivity contribution < 1.29 is 23.6 Å². The first-order valence-electron chi connectivity index (χ1n) is 3.88. The number of ether oxygens (including phenoxy) is 1. The van der Waals surface area contributed by atoms with Gasteiger partial charge in [-0.05, 0) is 6.92 Å². The number of rotatable bonds is 3. The summed E-state index contributed by atoms with van der Waals surface area (Å²) < 4.78 is 9.01. The minimum Gasteiger partial charge on any atom is -0.463 e. The van der Waals surface area contributed by atoms with Crippen LogP contribution in [0.3, 0.4) is 0 Å². The van der Waals surface area contributed by atoms with E-state index in [9.17, 15) is 9.59 Å². The van der Waals surface area contributed by atoms with Gasteiger partial charge in [-0.3, -0.25) is 4.79 Å². The molecule has 0 saturated heterocycles. The number of aromatic nitrogens is 1. The minimum atomic E-state index is -0.815. The van der Waals surface area contributed by atoms with Gasteiger partial charge in [0, 0.05) is 0 Å². The zero-order valence-electron chi connectivity index (χ0n) is 8.05. The molecule has 1 rings (SSSR count). The molecule has 0 radical (unpaired) electrons. The fourth-order valence-corrected chi connectivity index (χ4v) is 1.01. The summed E-state index contributed by atoms with van der Waals surface area (Å²) in [6, 6.07) is 0. The number of hydrogen-bond donors (Lipinski definition) is 0. The Morgan fingerprint density at radius 3 is 2.80 bits per heavy atom. The molecular weight excluding hydrogens is 202 g/mol. The molecule has 0 unspecified atom stereocenters. The van der Waals surface area contributed by atoms with E-state index in [4.69, 9.17) is 5.53 Å². The maximum Gasteiger partial charge on any atom is 0.377 e. The van der Waals surface area contributed by atoms with Crippen molar-refractivity contribution in [3.63, 3.8) is 0 Å². The lowest BCUT2D eigenvalue weighted by atomic mass is 10.1. The van der Waals surface area contributed by atoms with Crippen LogP contribution < -0.4 is 0 Å². The van der Waals surface area contributed by atoms with Gasteiger partial charge < -0.3 is 14.8 Å². The maximum absolute atomic E-state index is 11.4. The molecular formula is C8H7N3O4. The highest BCUT2D eigenvalue weighted by atomic mass is 16.5. The molecule has 0 saturated carbocycles. The number of ketones is 1. The zero-order chi connectivity index (χ0) is 11.4. The van der Waals surface area contributed by atoms with Crippen LogP contribution in [0.25, 0.3) is 5.53 Å². The van der Waals surface area contributed by atoms with Crippen LogP contribution in [-0.2, 0) is 4.74 Å². The zero-order valence-corrected chi connectivity index (χ0v) is 8.05. The van der Waals surface area contributed by atoms with Gasteiger partial charge in [0.15, 0.2) is 0 Å². The molecule has 1 heterocycles. The van der Waals surface area contributed by atoms with Gasteiger partial charge in [0.1, 0.15) is 5.56 Å². The van der Waals surface area contributed by atoms with Crippen LogP contribution in [0.1, 0.15) is 26.6 Å². The Kier molecular flexibility index (Phi) is 3.10. The topological polar surface area (TPSA) is 106 Å². The van der Waals surface area contributed by atoms with Gasteiger partial charge in [-0.25, -0.2) is 4.79 Å². The van der Waals surface area contributed by atoms with Crippen molar-refractivity contribution in [3.05, 3.63) is 22.5 Å². The summed E-state index contributed by atoms with van der Waals surface area (Å²) in [7, 11) is 1.15. The SMILES string of the molecule is COC(=O)c1onc(C)c1C(=O)C=[N+]=[N-]. The van der Waals surface area contributed by atoms with E-state index in [-0.39, 0.29) is 17.0 Å². The third kappa shape index (κ3) is 1.97. The molecule has 78 valence electrons. The lowest BCUT2D eigenvalue weighted by Crippen LogP contribution is -2.10. The van der Waals surface area contributed by atoms with Crippen LogP contribution in [-0.4, -0.2) is 35.0 Å². The molecule has 0 bridgehead atoms. The number of esters is 1. The summed E-state index contributed by atoms with van der Waals surface area (Å²) in [6.45, 7) is 1.48. The normalized spacial score (nSPS) is 9.20. The van der Waals surface area contributed by atoms with Crippen molar-refractivity contribution in [1.29, 1.82) is 0 Å². The molecule has 0 aliphatic heterocycles. The van der Waals surface area contributed by atoms with Crippen molar-refractivity contribution in [3.8, 4) is 0 Å². The van der Waals surface area contributed by atoms with Crippen molar-refractivity contribution >= 4 is 18.0 Å². The second kappa shape index (κ2) is 4.30. The largest absolute Gasteiger partial charge is 0.463 e. The Morgan fingerprint density at radius 2 is 2.27 bits per heavy atom. The quantitative estimate of drug-likeness (QED) is 0.233. The molecule has 0 aromatic carbocycles. The first-order valence-corrected chi connectivity index (χ1v) is 3.88. The Morgan fingerprint density at radius 1 is 1.60 bits per heavy atom. The van der Waals surface area contributed by atoms with Crippen LogP contribution in [0.5, 0.6) is 0 Å². The van der Waals surface area contributed by atoms with Crippen LogP contribution in [0, 0.1) is 6.92 Å². The molecule has 0 aliphatic rings. The second-order valence-corrected chi connectivity index (χ2v) is 2.57. The molecule has 0 atom stereocenters. The van der Waals surface area contributed by atoms with Gasteiger partial charge in [0.2, 0.25) is 0 Å². The van der Waals surface area contributed by atoms with Crippen molar-refractivity contribution in [2.75, 3.05) is 7.11 Å². The van der Waals surface area contributed by atoms with Crippen molar-refractivity contribution in [2.45, 2.75) is 6.92 Å². The van der Waals surface area contributed by atoms with Gasteiger partial charge in [-0.2, -0.15) is 4.79 Å². The van der Waals surface area contributed by atoms with Gasteiger partial charge in [0.25, 0.3) is 11.5 Å². The molecule has 7 heteroatoms. The van der Waals surface area contributed by atoms with Gasteiger partial charge >= 0.3 is 12.2 Å². The maximum atomic E-state index is 11.4. The molecule has 0 fully saturated rings. The minimum absolute atomic E-state index is 0.0698. The fourth-order valence-electron chi connectivity index (χ4n) is 1.01. The van der Waals surface area contributed by atoms with E-state index in [0.29, 0.717) is 6.21 Å². The third-order valence-corrected chi connectivity index (χ3v) is 1.65. The molecule has 15 heavy (non-hydrogen) atoms. The summed E-state index contributed by atoms with van der Waals surface area (Å²) in [5.74, 6) is -1.80. The van der Waals surface area contributed by atoms with E-state index < -0.39 is 11.8 Å². The predicted molar refractivity (Wildman–Crippen MR) is 46.6 cm³/mol. The highest BCUT2D eigenvalue weighted by Gasteiger charge is 2.27. The van der Waals surface area contributed by atoms with Crippen molar-refractivity contribution in [2.24, 2.45) is 0 Å². The van der Waals surface area contributed by atoms with Crippen LogP contribution >= 0.6 is 0 Å². The Labute approximate surface area is 84.2 Å². The number of carbonyl (C=O) groups is 2. The molecule has 0 N–H and O–H groups in total. The summed E-state index contributed by atoms with van der Waals surface area (Å²) in [6.07, 6.45) is 0.645. The number of Topliss-reactive ketones (excluding diaryl/α,β-unsaturated/α-hetero) is 1. The molecule has 7 nitrogen and oxygen atoms in total. The number of hydrogen-bond acceptors (Lipinski definition) is 5. The standard InChI is InChI=1S/C8H7N3O4/c1-4-6(5(12)3-10-9)7(15-11-4)8(13)14-2/h3H,1-2H3. The Balaban J connectivity index is 3.26. The Hall–Kier alpha value is -2.27. The Bertz CT molecular complexity index is 456. The van der Waals surface area contributed by atoms with Crippen LogP contribution in [0.4, 0.5) is 0 Å². The summed E-state index contributed by atoms with van der Waals surface area (Å²) in [4.78, 5) is 25.1. The van der Waals surface area contributed by atoms with Crippen LogP contribution in [0.2, 0.25) is 0 Å². The van der Waals surface area contributed by atoms with Gasteiger partial charge in [-0.15, -0.1) is 0 Å². The van der Waals surface area contributed by atoms with E-state index in [0.717, 1.165) is 7.11 Å². The molecule has 1 aromatic rings. The highest BCUT2D eigenvalue weighted by Crippen LogP contribution is 2.14. The third-order valence-electron chi connectivity index (χ3n) is 1.65. The van der Waals surface area contributed by atoms with E-state index in [2.05, 4.69) is 19.2 Å². The molecule has 0 aliphatic carbocycles. The lowest BCUT2D eigenvalue weighted by Gasteiger charge is -1.93. The fraction of sp³-hybridized carbons (Fsp3) is 0.250. The molecule has 0 amide bonds. The lowest BCUT2D eigenvalue weighted by molar-refractivity contribution is 0.00232. The predicted octanol–water partition coefficient (Wildman–Crippen LogP) is 0.253. The van der Waals surface area contributed by atoms with E-state index in [1.165, 1.54) is 6.92 Å². The number of aryl methyl sites for hydroxylation is 1. The smallest absolute Gasteiger partial charge is 0.377 e. The number of nitrogens with zero attached hydrogens (tertiary/aromatic N) is 3. The number of carbonyl (C=O) groups excluding carboxylic acids is 2. The summed E-state index contributed by atoms with van der Waals surface area (Å²) >= 11 is 0. The second-order valence-electron chi connectivity index (χ2n) is 2.57. The van der Waals surface area contributed by atoms with Gasteiger partial charge in [-0.1, -0.05) is 5.16 Å². The number of methoxy groups -OCH3 is 1. The first-order chi connectivity index (χ1) is 7.11. The van der Waals surface area contributed by atoms with E-state index >= 15 is 0 Å². The summed E-state index contributed by atoms with van der Waals surface area (Å²) in [5.41, 5.74) is 8.35. The van der Waals surface area contributed by atoms with E-state index in [1.54, 1.807) is 0 Å². The highest BCUT2D eigenvalue weighted by molar-refractivity contribution is 6.35. The average Bonchev–Trinajstić information content (AvgIpc) is 2.59. The average molecular weight is 209 g/mol. The van der Waals surface area contributed by atoms with Crippen molar-refractivity contribution in [1.82, 2.24) is 5.16 Å². The molecule has 1 aromatic heterocycles. The monoisotopic (exact) mass is 209 g/mol.